The molecular weight excluding hydrogens is 229 g/mol. The van der Waals surface area contributed by atoms with E-state index < -0.39 is 0 Å². The van der Waals surface area contributed by atoms with Crippen LogP contribution in [0.15, 0.2) is 0 Å². The van der Waals surface area contributed by atoms with Gasteiger partial charge in [-0.25, -0.2) is 0 Å². The summed E-state index contributed by atoms with van der Waals surface area (Å²) in [6, 6.07) is 0. The van der Waals surface area contributed by atoms with E-state index in [0.717, 1.165) is 19.3 Å². The molecule has 0 N–H and O–H groups in total. The van der Waals surface area contributed by atoms with Crippen molar-refractivity contribution in [2.45, 2.75) is 39.5 Å². The fourth-order valence-electron chi connectivity index (χ4n) is 0.752. The number of rotatable bonds is 5. The molecule has 0 bridgehead atoms. The largest absolute Gasteiger partial charge is 0.466 e. The zero-order valence-corrected chi connectivity index (χ0v) is 8.94. The van der Waals surface area contributed by atoms with Crippen molar-refractivity contribution in [1.82, 2.24) is 0 Å². The van der Waals surface area contributed by atoms with E-state index in [0.29, 0.717) is 13.0 Å². The monoisotopic (exact) mass is 246 g/mol. The summed E-state index contributed by atoms with van der Waals surface area (Å²) in [7, 11) is 0. The number of hydrogen-bond acceptors (Lipinski definition) is 2. The third kappa shape index (κ3) is 10.1. The smallest absolute Gasteiger partial charge is 0.305 e. The van der Waals surface area contributed by atoms with Crippen LogP contribution in [0.2, 0.25) is 0 Å². The maximum atomic E-state index is 10.7. The Morgan fingerprint density at radius 1 is 1.27 bits per heavy atom. The molecule has 0 aromatic heterocycles. The van der Waals surface area contributed by atoms with Gasteiger partial charge in [-0.3, -0.25) is 4.79 Å². The topological polar surface area (TPSA) is 26.3 Å². The van der Waals surface area contributed by atoms with Crippen molar-refractivity contribution >= 4 is 5.97 Å². The quantitative estimate of drug-likeness (QED) is 0.421. The van der Waals surface area contributed by atoms with Gasteiger partial charge in [0.1, 0.15) is 0 Å². The van der Waals surface area contributed by atoms with Crippen LogP contribution < -0.4 is 0 Å². The van der Waals surface area contributed by atoms with Crippen molar-refractivity contribution in [3.63, 3.8) is 0 Å². The summed E-state index contributed by atoms with van der Waals surface area (Å²) in [6.07, 6.45) is 3.83. The van der Waals surface area contributed by atoms with Crippen LogP contribution in [-0.2, 0) is 29.0 Å². The molecule has 0 aliphatic heterocycles. The maximum Gasteiger partial charge on any atom is 0.305 e. The second-order valence-corrected chi connectivity index (χ2v) is 2.26. The Morgan fingerprint density at radius 3 is 2.36 bits per heavy atom. The zero-order valence-electron chi connectivity index (χ0n) is 7.21. The first-order chi connectivity index (χ1) is 4.81. The Morgan fingerprint density at radius 2 is 1.91 bits per heavy atom. The van der Waals surface area contributed by atoms with Crippen molar-refractivity contribution in [2.24, 2.45) is 0 Å². The predicted octanol–water partition coefficient (Wildman–Crippen LogP) is 2.13. The second kappa shape index (κ2) is 10.1. The van der Waals surface area contributed by atoms with Gasteiger partial charge in [0.15, 0.2) is 0 Å². The Labute approximate surface area is 81.5 Å². The Balaban J connectivity index is 0. The van der Waals surface area contributed by atoms with Crippen LogP contribution >= 0.6 is 0 Å². The Bertz CT molecular complexity index is 94.1. The first kappa shape index (κ1) is 13.7. The van der Waals surface area contributed by atoms with Gasteiger partial charge in [0.2, 0.25) is 0 Å². The van der Waals surface area contributed by atoms with Crippen LogP contribution in [-0.4, -0.2) is 12.6 Å². The molecule has 0 aliphatic carbocycles. The predicted molar refractivity (Wildman–Crippen MR) is 40.8 cm³/mol. The molecular formula is C8H16O2Ru. The second-order valence-electron chi connectivity index (χ2n) is 2.26. The molecule has 0 amide bonds. The number of ether oxygens (including phenoxy) is 1. The number of unbranched alkanes of at least 4 members (excludes halogenated alkanes) is 2. The van der Waals surface area contributed by atoms with E-state index in [-0.39, 0.29) is 25.4 Å². The number of carbonyl (C=O) groups excluding carboxylic acids is 1. The summed E-state index contributed by atoms with van der Waals surface area (Å²) in [5.74, 6) is -0.0593. The molecule has 3 heteroatoms. The van der Waals surface area contributed by atoms with Crippen molar-refractivity contribution in [1.29, 1.82) is 0 Å². The van der Waals surface area contributed by atoms with Gasteiger partial charge < -0.3 is 4.74 Å². The van der Waals surface area contributed by atoms with Crippen LogP contribution in [0.1, 0.15) is 39.5 Å². The summed E-state index contributed by atoms with van der Waals surface area (Å²) >= 11 is 0. The third-order valence-electron chi connectivity index (χ3n) is 1.29. The standard InChI is InChI=1S/C8H16O2.Ru/c1-3-5-6-7-8(9)10-4-2;/h3-7H2,1-2H3;. The molecule has 0 spiro atoms. The Kier molecular flexibility index (Phi) is 12.5. The van der Waals surface area contributed by atoms with Crippen molar-refractivity contribution in [2.75, 3.05) is 6.61 Å². The number of carbonyl (C=O) groups is 1. The van der Waals surface area contributed by atoms with E-state index in [4.69, 9.17) is 4.74 Å². The fourth-order valence-corrected chi connectivity index (χ4v) is 0.752. The van der Waals surface area contributed by atoms with Crippen LogP contribution in [0.4, 0.5) is 0 Å². The molecule has 0 aromatic rings. The van der Waals surface area contributed by atoms with Crippen LogP contribution in [0.5, 0.6) is 0 Å². The van der Waals surface area contributed by atoms with Crippen molar-refractivity contribution in [3.8, 4) is 0 Å². The zero-order chi connectivity index (χ0) is 7.82. The van der Waals surface area contributed by atoms with E-state index in [1.54, 1.807) is 0 Å². The molecule has 0 aromatic carbocycles. The fraction of sp³-hybridized carbons (Fsp3) is 0.875. The van der Waals surface area contributed by atoms with E-state index in [9.17, 15) is 4.79 Å². The van der Waals surface area contributed by atoms with Gasteiger partial charge in [-0.1, -0.05) is 19.8 Å². The summed E-state index contributed by atoms with van der Waals surface area (Å²) < 4.78 is 4.75. The summed E-state index contributed by atoms with van der Waals surface area (Å²) in [6.45, 7) is 4.45. The summed E-state index contributed by atoms with van der Waals surface area (Å²) in [5.41, 5.74) is 0. The molecule has 0 aliphatic rings. The molecule has 68 valence electrons. The maximum absolute atomic E-state index is 10.7. The molecule has 0 atom stereocenters. The van der Waals surface area contributed by atoms with Gasteiger partial charge >= 0.3 is 5.97 Å². The number of hydrogen-bond donors (Lipinski definition) is 0. The minimum atomic E-state index is -0.0593. The molecule has 0 fully saturated rings. The molecule has 0 saturated heterocycles. The first-order valence-electron chi connectivity index (χ1n) is 3.96. The van der Waals surface area contributed by atoms with E-state index in [1.807, 2.05) is 6.92 Å². The van der Waals surface area contributed by atoms with Gasteiger partial charge in [0.25, 0.3) is 0 Å². The van der Waals surface area contributed by atoms with Gasteiger partial charge in [0.05, 0.1) is 6.61 Å². The van der Waals surface area contributed by atoms with Crippen LogP contribution in [0.25, 0.3) is 0 Å². The SMILES string of the molecule is CCCCCC(=O)OCC.[Ru]. The summed E-state index contributed by atoms with van der Waals surface area (Å²) in [4.78, 5) is 10.7. The minimum Gasteiger partial charge on any atom is -0.466 e. The first-order valence-corrected chi connectivity index (χ1v) is 3.96. The third-order valence-corrected chi connectivity index (χ3v) is 1.29. The molecule has 2 nitrogen and oxygen atoms in total. The molecule has 0 unspecified atom stereocenters. The molecule has 0 rings (SSSR count). The van der Waals surface area contributed by atoms with Crippen LogP contribution in [0.3, 0.4) is 0 Å². The molecule has 0 heterocycles. The van der Waals surface area contributed by atoms with Gasteiger partial charge in [-0.05, 0) is 13.3 Å². The minimum absolute atomic E-state index is 0. The van der Waals surface area contributed by atoms with Crippen molar-refractivity contribution < 1.29 is 29.0 Å². The molecule has 0 saturated carbocycles. The van der Waals surface area contributed by atoms with Crippen molar-refractivity contribution in [3.05, 3.63) is 0 Å². The molecule has 0 radical (unpaired) electrons. The van der Waals surface area contributed by atoms with E-state index in [1.165, 1.54) is 0 Å². The average molecular weight is 245 g/mol. The Hall–Kier alpha value is 0.0934. The van der Waals surface area contributed by atoms with Gasteiger partial charge in [-0.15, -0.1) is 0 Å². The van der Waals surface area contributed by atoms with E-state index >= 15 is 0 Å². The number of esters is 1. The van der Waals surface area contributed by atoms with Crippen LogP contribution in [0, 0.1) is 0 Å². The summed E-state index contributed by atoms with van der Waals surface area (Å²) in [5, 5.41) is 0. The van der Waals surface area contributed by atoms with Gasteiger partial charge in [-0.2, -0.15) is 0 Å². The molecule has 11 heavy (non-hydrogen) atoms. The van der Waals surface area contributed by atoms with Gasteiger partial charge in [0, 0.05) is 25.9 Å². The average Bonchev–Trinajstić information content (AvgIpc) is 1.89. The normalized spacial score (nSPS) is 8.55. The van der Waals surface area contributed by atoms with E-state index in [2.05, 4.69) is 6.92 Å².